The van der Waals surface area contributed by atoms with Crippen LogP contribution in [0.4, 0.5) is 4.39 Å². The molecule has 2 aromatic carbocycles. The lowest BCUT2D eigenvalue weighted by atomic mass is 9.81. The molecule has 3 aromatic rings. The summed E-state index contributed by atoms with van der Waals surface area (Å²) < 4.78 is 21.4. The Labute approximate surface area is 164 Å². The van der Waals surface area contributed by atoms with E-state index in [1.807, 2.05) is 26.0 Å². The molecule has 1 aliphatic rings. The average molecular weight is 383 g/mol. The molecule has 0 amide bonds. The van der Waals surface area contributed by atoms with Gasteiger partial charge in [0.25, 0.3) is 0 Å². The first-order valence-electron chi connectivity index (χ1n) is 9.75. The molecule has 1 aliphatic heterocycles. The van der Waals surface area contributed by atoms with Gasteiger partial charge in [-0.25, -0.2) is 4.39 Å². The Morgan fingerprint density at radius 3 is 2.57 bits per heavy atom. The highest BCUT2D eigenvalue weighted by molar-refractivity contribution is 5.93. The Hall–Kier alpha value is -2.37. The second kappa shape index (κ2) is 7.22. The van der Waals surface area contributed by atoms with Gasteiger partial charge in [0.05, 0.1) is 18.7 Å². The molecular weight excluding hydrogens is 357 g/mol. The highest BCUT2D eigenvalue weighted by Gasteiger charge is 2.35. The number of phenolic OH excluding ortho intramolecular Hbond substituents is 1. The number of aromatic nitrogens is 1. The van der Waals surface area contributed by atoms with Crippen LogP contribution < -0.4 is 0 Å². The van der Waals surface area contributed by atoms with E-state index in [9.17, 15) is 14.6 Å². The van der Waals surface area contributed by atoms with Gasteiger partial charge in [0.15, 0.2) is 0 Å². The van der Waals surface area contributed by atoms with Crippen LogP contribution in [0.25, 0.3) is 16.6 Å². The van der Waals surface area contributed by atoms with E-state index < -0.39 is 5.41 Å². The molecule has 1 unspecified atom stereocenters. The molecule has 5 heteroatoms. The minimum Gasteiger partial charge on any atom is -0.507 e. The molecule has 4 rings (SSSR count). The summed E-state index contributed by atoms with van der Waals surface area (Å²) in [6.45, 7) is 5.27. The van der Waals surface area contributed by atoms with Crippen molar-refractivity contribution in [2.24, 2.45) is 0 Å². The van der Waals surface area contributed by atoms with Crippen LogP contribution >= 0.6 is 0 Å². The summed E-state index contributed by atoms with van der Waals surface area (Å²) in [4.78, 5) is 0. The molecule has 0 radical (unpaired) electrons. The molecule has 2 N–H and O–H groups in total. The van der Waals surface area contributed by atoms with Gasteiger partial charge < -0.3 is 19.5 Å². The van der Waals surface area contributed by atoms with Gasteiger partial charge in [-0.3, -0.25) is 0 Å². The maximum Gasteiger partial charge on any atom is 0.125 e. The number of ether oxygens (including phenoxy) is 1. The zero-order valence-electron chi connectivity index (χ0n) is 16.3. The van der Waals surface area contributed by atoms with Gasteiger partial charge in [-0.15, -0.1) is 0 Å². The second-order valence-electron chi connectivity index (χ2n) is 8.20. The highest BCUT2D eigenvalue weighted by Crippen LogP contribution is 2.45. The molecule has 28 heavy (non-hydrogen) atoms. The highest BCUT2D eigenvalue weighted by atomic mass is 19.1. The van der Waals surface area contributed by atoms with Crippen molar-refractivity contribution in [3.63, 3.8) is 0 Å². The number of hydrogen-bond acceptors (Lipinski definition) is 3. The molecule has 1 fully saturated rings. The summed E-state index contributed by atoms with van der Waals surface area (Å²) >= 11 is 0. The van der Waals surface area contributed by atoms with Crippen molar-refractivity contribution in [1.82, 2.24) is 4.57 Å². The summed E-state index contributed by atoms with van der Waals surface area (Å²) in [5.74, 6) is 0.0490. The van der Waals surface area contributed by atoms with Crippen molar-refractivity contribution in [1.29, 1.82) is 0 Å². The van der Waals surface area contributed by atoms with Crippen LogP contribution in [0.15, 0.2) is 42.5 Å². The molecule has 0 aliphatic carbocycles. The lowest BCUT2D eigenvalue weighted by molar-refractivity contribution is 0.0799. The van der Waals surface area contributed by atoms with Gasteiger partial charge in [-0.1, -0.05) is 19.9 Å². The van der Waals surface area contributed by atoms with Crippen LogP contribution in [0.1, 0.15) is 43.9 Å². The maximum absolute atomic E-state index is 13.6. The predicted octanol–water partition coefficient (Wildman–Crippen LogP) is 4.64. The van der Waals surface area contributed by atoms with E-state index in [0.717, 1.165) is 47.3 Å². The van der Waals surface area contributed by atoms with Crippen LogP contribution in [-0.2, 0) is 10.2 Å². The Kier molecular flexibility index (Phi) is 4.89. The SMILES string of the molecule is CC(C)(CO)c1c(C2CCCOC2)c2c(O)cccc2n1-c1ccc(F)cc1. The lowest BCUT2D eigenvalue weighted by Gasteiger charge is -2.30. The number of fused-ring (bicyclic) bond motifs is 1. The molecule has 1 saturated heterocycles. The number of aliphatic hydroxyl groups excluding tert-OH is 1. The molecule has 0 bridgehead atoms. The summed E-state index contributed by atoms with van der Waals surface area (Å²) in [5.41, 5.74) is 3.05. The first-order valence-corrected chi connectivity index (χ1v) is 9.75. The van der Waals surface area contributed by atoms with E-state index in [1.54, 1.807) is 18.2 Å². The summed E-state index contributed by atoms with van der Waals surface area (Å²) in [7, 11) is 0. The second-order valence-corrected chi connectivity index (χ2v) is 8.20. The maximum atomic E-state index is 13.6. The minimum absolute atomic E-state index is 0.0497. The van der Waals surface area contributed by atoms with Crippen LogP contribution in [0.3, 0.4) is 0 Å². The van der Waals surface area contributed by atoms with E-state index in [-0.39, 0.29) is 24.1 Å². The van der Waals surface area contributed by atoms with Gasteiger partial charge in [0, 0.05) is 34.7 Å². The van der Waals surface area contributed by atoms with E-state index >= 15 is 0 Å². The van der Waals surface area contributed by atoms with Gasteiger partial charge in [0.2, 0.25) is 0 Å². The Bertz CT molecular complexity index is 985. The fourth-order valence-corrected chi connectivity index (χ4v) is 4.32. The van der Waals surface area contributed by atoms with Gasteiger partial charge in [-0.05, 0) is 54.8 Å². The molecule has 148 valence electrons. The molecule has 1 atom stereocenters. The number of aromatic hydroxyl groups is 1. The Balaban J connectivity index is 2.11. The lowest BCUT2D eigenvalue weighted by Crippen LogP contribution is -2.29. The fraction of sp³-hybridized carbons (Fsp3) is 0.391. The monoisotopic (exact) mass is 383 g/mol. The minimum atomic E-state index is -0.563. The fourth-order valence-electron chi connectivity index (χ4n) is 4.32. The van der Waals surface area contributed by atoms with Crippen molar-refractivity contribution in [2.75, 3.05) is 19.8 Å². The van der Waals surface area contributed by atoms with Gasteiger partial charge in [-0.2, -0.15) is 0 Å². The number of benzene rings is 2. The van der Waals surface area contributed by atoms with E-state index in [4.69, 9.17) is 4.74 Å². The topological polar surface area (TPSA) is 54.6 Å². The summed E-state index contributed by atoms with van der Waals surface area (Å²) in [6, 6.07) is 11.8. The van der Waals surface area contributed by atoms with Crippen molar-refractivity contribution in [3.05, 3.63) is 59.5 Å². The predicted molar refractivity (Wildman–Crippen MR) is 108 cm³/mol. The first-order chi connectivity index (χ1) is 13.4. The molecule has 0 spiro atoms. The first kappa shape index (κ1) is 19.0. The smallest absolute Gasteiger partial charge is 0.125 e. The number of nitrogens with zero attached hydrogens (tertiary/aromatic N) is 1. The molecule has 4 nitrogen and oxygen atoms in total. The van der Waals surface area contributed by atoms with Crippen LogP contribution in [0, 0.1) is 5.82 Å². The van der Waals surface area contributed by atoms with Crippen LogP contribution in [0.5, 0.6) is 5.75 Å². The summed E-state index contributed by atoms with van der Waals surface area (Å²) in [6.07, 6.45) is 1.92. The van der Waals surface area contributed by atoms with Crippen molar-refractivity contribution < 1.29 is 19.3 Å². The quantitative estimate of drug-likeness (QED) is 0.690. The van der Waals surface area contributed by atoms with Gasteiger partial charge >= 0.3 is 0 Å². The standard InChI is InChI=1S/C23H26FNO3/c1-23(2,14-26)22-20(15-5-4-12-28-13-15)21-18(6-3-7-19(21)27)25(22)17-10-8-16(24)9-11-17/h3,6-11,15,26-27H,4-5,12-14H2,1-2H3. The number of halogens is 1. The number of hydrogen-bond donors (Lipinski definition) is 2. The Morgan fingerprint density at radius 2 is 1.93 bits per heavy atom. The van der Waals surface area contributed by atoms with E-state index in [0.29, 0.717) is 6.61 Å². The number of phenols is 1. The number of aliphatic hydroxyl groups is 1. The molecule has 0 saturated carbocycles. The number of rotatable bonds is 4. The zero-order chi connectivity index (χ0) is 19.9. The molecule has 2 heterocycles. The van der Waals surface area contributed by atoms with Crippen LogP contribution in [0.2, 0.25) is 0 Å². The van der Waals surface area contributed by atoms with Crippen molar-refractivity contribution in [3.8, 4) is 11.4 Å². The third-order valence-corrected chi connectivity index (χ3v) is 5.70. The van der Waals surface area contributed by atoms with Crippen molar-refractivity contribution in [2.45, 2.75) is 38.0 Å². The molecule has 1 aromatic heterocycles. The van der Waals surface area contributed by atoms with E-state index in [1.165, 1.54) is 12.1 Å². The largest absolute Gasteiger partial charge is 0.507 e. The zero-order valence-corrected chi connectivity index (χ0v) is 16.3. The van der Waals surface area contributed by atoms with Crippen molar-refractivity contribution >= 4 is 10.9 Å². The third kappa shape index (κ3) is 3.09. The Morgan fingerprint density at radius 1 is 1.18 bits per heavy atom. The van der Waals surface area contributed by atoms with Crippen LogP contribution in [-0.4, -0.2) is 34.6 Å². The summed E-state index contributed by atoms with van der Waals surface area (Å²) in [5, 5.41) is 21.8. The third-order valence-electron chi connectivity index (χ3n) is 5.70. The normalized spacial score (nSPS) is 17.9. The average Bonchev–Trinajstić information content (AvgIpc) is 3.07. The van der Waals surface area contributed by atoms with E-state index in [2.05, 4.69) is 4.57 Å². The van der Waals surface area contributed by atoms with Gasteiger partial charge in [0.1, 0.15) is 11.6 Å². The molecular formula is C23H26FNO3.